The number of pyridine rings is 1. The molecular weight excluding hydrogens is 264 g/mol. The van der Waals surface area contributed by atoms with Crippen molar-refractivity contribution in [3.05, 3.63) is 60.0 Å². The number of ketones is 1. The van der Waals surface area contributed by atoms with Gasteiger partial charge in [0.25, 0.3) is 0 Å². The predicted octanol–water partition coefficient (Wildman–Crippen LogP) is 3.31. The first kappa shape index (κ1) is 12.1. The minimum atomic E-state index is -0.144. The van der Waals surface area contributed by atoms with Gasteiger partial charge >= 0.3 is 0 Å². The summed E-state index contributed by atoms with van der Waals surface area (Å²) in [6.45, 7) is 0.577. The van der Waals surface area contributed by atoms with Crippen molar-refractivity contribution in [2.45, 2.75) is 12.3 Å². The van der Waals surface area contributed by atoms with Crippen LogP contribution in [0.5, 0.6) is 5.75 Å². The average Bonchev–Trinajstić information content (AvgIpc) is 2.98. The fourth-order valence-electron chi connectivity index (χ4n) is 2.97. The standard InChI is InChI=1S/C17H14N2O2/c20-17(14-10-19-15-5-7-18-9-13(14)15)12-6-8-21-16-4-2-1-3-11(12)16/h1-5,7,9-10,12,19H,6,8H2. The van der Waals surface area contributed by atoms with Gasteiger partial charge < -0.3 is 9.72 Å². The number of aromatic nitrogens is 2. The molecule has 1 aliphatic heterocycles. The van der Waals surface area contributed by atoms with Gasteiger partial charge in [-0.1, -0.05) is 18.2 Å². The molecule has 2 aromatic heterocycles. The number of ether oxygens (including phenoxy) is 1. The van der Waals surface area contributed by atoms with E-state index in [2.05, 4.69) is 9.97 Å². The Morgan fingerprint density at radius 2 is 2.19 bits per heavy atom. The minimum absolute atomic E-state index is 0.130. The van der Waals surface area contributed by atoms with Crippen LogP contribution >= 0.6 is 0 Å². The predicted molar refractivity (Wildman–Crippen MR) is 79.7 cm³/mol. The summed E-state index contributed by atoms with van der Waals surface area (Å²) in [6, 6.07) is 9.66. The highest BCUT2D eigenvalue weighted by Gasteiger charge is 2.29. The lowest BCUT2D eigenvalue weighted by atomic mass is 9.86. The molecule has 0 saturated heterocycles. The molecule has 1 aliphatic rings. The zero-order valence-electron chi connectivity index (χ0n) is 11.4. The molecule has 0 spiro atoms. The van der Waals surface area contributed by atoms with Gasteiger partial charge in [0.05, 0.1) is 12.5 Å². The van der Waals surface area contributed by atoms with E-state index in [4.69, 9.17) is 4.74 Å². The highest BCUT2D eigenvalue weighted by atomic mass is 16.5. The first-order chi connectivity index (χ1) is 10.3. The second-order valence-corrected chi connectivity index (χ2v) is 5.22. The van der Waals surface area contributed by atoms with Crippen molar-refractivity contribution >= 4 is 16.7 Å². The number of para-hydroxylation sites is 1. The van der Waals surface area contributed by atoms with E-state index in [0.717, 1.165) is 22.2 Å². The fraction of sp³-hybridized carbons (Fsp3) is 0.176. The molecule has 1 N–H and O–H groups in total. The van der Waals surface area contributed by atoms with Gasteiger partial charge in [-0.25, -0.2) is 0 Å². The first-order valence-electron chi connectivity index (χ1n) is 7.01. The molecular formula is C17H14N2O2. The summed E-state index contributed by atoms with van der Waals surface area (Å²) in [7, 11) is 0. The molecule has 104 valence electrons. The second kappa shape index (κ2) is 4.74. The van der Waals surface area contributed by atoms with Crippen LogP contribution in [0.4, 0.5) is 0 Å². The Balaban J connectivity index is 1.79. The van der Waals surface area contributed by atoms with E-state index in [9.17, 15) is 4.79 Å². The number of benzene rings is 1. The highest BCUT2D eigenvalue weighted by molar-refractivity contribution is 6.10. The van der Waals surface area contributed by atoms with Crippen LogP contribution in [0.2, 0.25) is 0 Å². The first-order valence-corrected chi connectivity index (χ1v) is 7.01. The molecule has 0 fully saturated rings. The van der Waals surface area contributed by atoms with E-state index >= 15 is 0 Å². The summed E-state index contributed by atoms with van der Waals surface area (Å²) < 4.78 is 5.64. The summed E-state index contributed by atoms with van der Waals surface area (Å²) >= 11 is 0. The van der Waals surface area contributed by atoms with Crippen molar-refractivity contribution in [1.29, 1.82) is 0 Å². The lowest BCUT2D eigenvalue weighted by molar-refractivity contribution is 0.0934. The van der Waals surface area contributed by atoms with E-state index in [-0.39, 0.29) is 11.7 Å². The lowest BCUT2D eigenvalue weighted by Crippen LogP contribution is -2.21. The van der Waals surface area contributed by atoms with Gasteiger partial charge in [0, 0.05) is 40.6 Å². The van der Waals surface area contributed by atoms with Crippen LogP contribution in [0.1, 0.15) is 28.3 Å². The summed E-state index contributed by atoms with van der Waals surface area (Å²) in [4.78, 5) is 20.2. The van der Waals surface area contributed by atoms with Crippen molar-refractivity contribution < 1.29 is 9.53 Å². The van der Waals surface area contributed by atoms with Gasteiger partial charge in [-0.3, -0.25) is 9.78 Å². The largest absolute Gasteiger partial charge is 0.493 e. The number of nitrogens with one attached hydrogen (secondary N) is 1. The Labute approximate surface area is 121 Å². The normalized spacial score (nSPS) is 17.2. The second-order valence-electron chi connectivity index (χ2n) is 5.22. The van der Waals surface area contributed by atoms with Crippen LogP contribution in [0.25, 0.3) is 10.9 Å². The molecule has 1 atom stereocenters. The molecule has 0 radical (unpaired) electrons. The van der Waals surface area contributed by atoms with Crippen molar-refractivity contribution in [3.63, 3.8) is 0 Å². The van der Waals surface area contributed by atoms with Crippen LogP contribution in [-0.4, -0.2) is 22.4 Å². The molecule has 21 heavy (non-hydrogen) atoms. The monoisotopic (exact) mass is 278 g/mol. The average molecular weight is 278 g/mol. The molecule has 4 heteroatoms. The molecule has 0 saturated carbocycles. The molecule has 0 aliphatic carbocycles. The van der Waals surface area contributed by atoms with Crippen molar-refractivity contribution in [2.24, 2.45) is 0 Å². The summed E-state index contributed by atoms with van der Waals surface area (Å²) in [5.74, 6) is 0.805. The van der Waals surface area contributed by atoms with E-state index in [1.54, 1.807) is 18.6 Å². The Hall–Kier alpha value is -2.62. The zero-order valence-corrected chi connectivity index (χ0v) is 11.4. The van der Waals surface area contributed by atoms with Crippen molar-refractivity contribution in [2.75, 3.05) is 6.61 Å². The minimum Gasteiger partial charge on any atom is -0.493 e. The molecule has 0 amide bonds. The maximum Gasteiger partial charge on any atom is 0.172 e. The summed E-state index contributed by atoms with van der Waals surface area (Å²) in [5, 5.41) is 0.881. The Bertz CT molecular complexity index is 822. The van der Waals surface area contributed by atoms with Gasteiger partial charge in [0.15, 0.2) is 5.78 Å². The van der Waals surface area contributed by atoms with E-state index in [1.807, 2.05) is 30.3 Å². The maximum atomic E-state index is 12.9. The number of Topliss-reactive ketones (excluding diaryl/α,β-unsaturated/α-hetero) is 1. The maximum absolute atomic E-state index is 12.9. The summed E-state index contributed by atoms with van der Waals surface area (Å²) in [5.41, 5.74) is 2.63. The third-order valence-electron chi connectivity index (χ3n) is 4.02. The van der Waals surface area contributed by atoms with Crippen LogP contribution < -0.4 is 4.74 Å². The molecule has 1 aromatic carbocycles. The number of nitrogens with zero attached hydrogens (tertiary/aromatic N) is 1. The molecule has 4 rings (SSSR count). The number of aromatic amines is 1. The quantitative estimate of drug-likeness (QED) is 0.732. The highest BCUT2D eigenvalue weighted by Crippen LogP contribution is 2.36. The molecule has 1 unspecified atom stereocenters. The number of hydrogen-bond donors (Lipinski definition) is 1. The van der Waals surface area contributed by atoms with Crippen LogP contribution in [0, 0.1) is 0 Å². The zero-order chi connectivity index (χ0) is 14.2. The van der Waals surface area contributed by atoms with Gasteiger partial charge in [-0.05, 0) is 18.6 Å². The van der Waals surface area contributed by atoms with E-state index < -0.39 is 0 Å². The Morgan fingerprint density at radius 3 is 3.14 bits per heavy atom. The number of H-pyrrole nitrogens is 1. The number of hydrogen-bond acceptors (Lipinski definition) is 3. The van der Waals surface area contributed by atoms with Crippen molar-refractivity contribution in [3.8, 4) is 5.75 Å². The number of fused-ring (bicyclic) bond motifs is 2. The van der Waals surface area contributed by atoms with E-state index in [0.29, 0.717) is 18.6 Å². The van der Waals surface area contributed by atoms with Crippen LogP contribution in [0.15, 0.2) is 48.9 Å². The topological polar surface area (TPSA) is 55.0 Å². The number of rotatable bonds is 2. The molecule has 3 heterocycles. The number of carbonyl (C=O) groups is 1. The van der Waals surface area contributed by atoms with Crippen molar-refractivity contribution in [1.82, 2.24) is 9.97 Å². The van der Waals surface area contributed by atoms with Gasteiger partial charge in [0.2, 0.25) is 0 Å². The third-order valence-corrected chi connectivity index (χ3v) is 4.02. The smallest absolute Gasteiger partial charge is 0.172 e. The fourth-order valence-corrected chi connectivity index (χ4v) is 2.97. The van der Waals surface area contributed by atoms with Gasteiger partial charge in [0.1, 0.15) is 5.75 Å². The van der Waals surface area contributed by atoms with E-state index in [1.165, 1.54) is 0 Å². The molecule has 3 aromatic rings. The van der Waals surface area contributed by atoms with Crippen LogP contribution in [0.3, 0.4) is 0 Å². The SMILES string of the molecule is O=C(c1c[nH]c2ccncc12)C1CCOc2ccccc21. The third kappa shape index (κ3) is 1.91. The van der Waals surface area contributed by atoms with Gasteiger partial charge in [-0.2, -0.15) is 0 Å². The lowest BCUT2D eigenvalue weighted by Gasteiger charge is -2.24. The Kier molecular flexibility index (Phi) is 2.74. The Morgan fingerprint density at radius 1 is 1.29 bits per heavy atom. The van der Waals surface area contributed by atoms with Crippen LogP contribution in [-0.2, 0) is 0 Å². The molecule has 4 nitrogen and oxygen atoms in total. The summed E-state index contributed by atoms with van der Waals surface area (Å²) in [6.07, 6.45) is 5.96. The number of carbonyl (C=O) groups excluding carboxylic acids is 1. The molecule has 0 bridgehead atoms. The van der Waals surface area contributed by atoms with Gasteiger partial charge in [-0.15, -0.1) is 0 Å².